The fraction of sp³-hybridized carbons (Fsp3) is 0.432. The monoisotopic (exact) mass is 1210 g/mol. The Kier molecular flexibility index (Phi) is 27.1. The summed E-state index contributed by atoms with van der Waals surface area (Å²) in [6, 6.07) is 44.3. The number of aryl methyl sites for hydroxylation is 4. The van der Waals surface area contributed by atoms with E-state index >= 15 is 0 Å². The van der Waals surface area contributed by atoms with Crippen LogP contribution in [0.5, 0.6) is 46.0 Å². The minimum absolute atomic E-state index is 0. The van der Waals surface area contributed by atoms with E-state index in [-0.39, 0.29) is 75.6 Å². The average molecular weight is 1210 g/mol. The number of carbonyl (C=O) groups excluding carboxylic acids is 6. The van der Waals surface area contributed by atoms with E-state index < -0.39 is 0 Å². The van der Waals surface area contributed by atoms with Crippen molar-refractivity contribution >= 4 is 35.8 Å². The van der Waals surface area contributed by atoms with Crippen molar-refractivity contribution in [3.8, 4) is 46.0 Å². The first-order chi connectivity index (χ1) is 42.6. The Labute approximate surface area is 524 Å². The molecule has 0 spiro atoms. The summed E-state index contributed by atoms with van der Waals surface area (Å²) in [5.74, 6) is 2.62. The van der Waals surface area contributed by atoms with Gasteiger partial charge in [-0.15, -0.1) is 0 Å². The van der Waals surface area contributed by atoms with Crippen LogP contribution in [0.2, 0.25) is 0 Å². The summed E-state index contributed by atoms with van der Waals surface area (Å²) in [5, 5.41) is 0. The van der Waals surface area contributed by atoms with Crippen LogP contribution in [-0.4, -0.2) is 49.0 Å². The zero-order valence-corrected chi connectivity index (χ0v) is 52.2. The van der Waals surface area contributed by atoms with Gasteiger partial charge in [-0.05, 0) is 225 Å². The van der Waals surface area contributed by atoms with Crippen LogP contribution < -0.4 is 37.9 Å². The van der Waals surface area contributed by atoms with E-state index in [2.05, 4.69) is 13.8 Å². The molecule has 3 aliphatic carbocycles. The summed E-state index contributed by atoms with van der Waals surface area (Å²) in [5.41, 5.74) is 3.99. The Morgan fingerprint density at radius 3 is 0.875 bits per heavy atom. The highest BCUT2D eigenvalue weighted by Crippen LogP contribution is 2.35. The molecule has 3 saturated carbocycles. The number of para-hydroxylation sites is 2. The maximum Gasteiger partial charge on any atom is 0.314 e. The van der Waals surface area contributed by atoms with Gasteiger partial charge < -0.3 is 37.9 Å². The standard InChI is InChI=1S/C30H40O6.2C22H24O4.3H2/c1-3-5-7-21-33-25-13-17-27(18-14-25)35-29(31)23-9-11-24(12-10-23)30(32)36-28-19-15-26(16-20-28)34-22-8-6-4-2;1-15-5-3-7-19(13-15)25-21(23)17-9-11-18(12-10-17)22(24)26-20-8-4-6-16(2)14-20;1-15-7-3-5-9-19(15)25-21(23)17-11-13-18(14-12-17)22(24)26-20-10-6-4-8-16(20)2;;;/h13-20,23-24H,3-12,21-22H2,1-2H3;3-8,13-14,17-18H,9-12H2,1-2H3;3-10,17-18H,11-14H2,1-2H3;3*1H. The molecule has 14 nitrogen and oxygen atoms in total. The van der Waals surface area contributed by atoms with Gasteiger partial charge in [0.15, 0.2) is 0 Å². The third-order valence-electron chi connectivity index (χ3n) is 16.3. The first-order valence-corrected chi connectivity index (χ1v) is 31.6. The van der Waals surface area contributed by atoms with Gasteiger partial charge in [0.05, 0.1) is 48.7 Å². The third-order valence-corrected chi connectivity index (χ3v) is 16.3. The van der Waals surface area contributed by atoms with Gasteiger partial charge in [-0.25, -0.2) is 0 Å². The number of esters is 6. The highest BCUT2D eigenvalue weighted by atomic mass is 16.6. The molecule has 0 unspecified atom stereocenters. The van der Waals surface area contributed by atoms with Crippen LogP contribution in [0.25, 0.3) is 0 Å². The van der Waals surface area contributed by atoms with Gasteiger partial charge in [0.2, 0.25) is 0 Å². The SMILES string of the molecule is CCCCCOc1ccc(OC(=O)C2CCC(C(=O)Oc3ccc(OCCCCC)cc3)CC2)cc1.Cc1cccc(OC(=O)C2CCC(C(=O)Oc3cccc(C)c3)CC2)c1.Cc1ccccc1OC(=O)C1CCC(C(=O)Oc2ccccc2C)CC1.[HH].[HH].[HH]. The van der Waals surface area contributed by atoms with E-state index in [4.69, 9.17) is 37.9 Å². The zero-order chi connectivity index (χ0) is 62.6. The maximum atomic E-state index is 12.6. The van der Waals surface area contributed by atoms with Crippen molar-refractivity contribution in [2.75, 3.05) is 13.2 Å². The summed E-state index contributed by atoms with van der Waals surface area (Å²) in [4.78, 5) is 74.7. The van der Waals surface area contributed by atoms with Crippen LogP contribution in [0.1, 0.15) is 156 Å². The Bertz CT molecular complexity index is 2970. The quantitative estimate of drug-likeness (QED) is 0.0356. The first kappa shape index (κ1) is 67.3. The molecule has 88 heavy (non-hydrogen) atoms. The molecule has 3 aliphatic rings. The molecule has 14 heteroatoms. The number of unbranched alkanes of at least 4 members (excludes halogenated alkanes) is 4. The largest absolute Gasteiger partial charge is 0.494 e. The molecule has 0 amide bonds. The Hall–Kier alpha value is -8.26. The fourth-order valence-electron chi connectivity index (χ4n) is 10.9. The molecule has 6 aromatic carbocycles. The molecule has 6 aromatic rings. The molecule has 0 atom stereocenters. The van der Waals surface area contributed by atoms with E-state index in [9.17, 15) is 28.8 Å². The summed E-state index contributed by atoms with van der Waals surface area (Å²) < 4.78 is 44.6. The van der Waals surface area contributed by atoms with E-state index in [0.29, 0.717) is 125 Å². The van der Waals surface area contributed by atoms with Crippen molar-refractivity contribution in [2.45, 2.75) is 157 Å². The molecule has 0 aromatic heterocycles. The number of carbonyl (C=O) groups is 6. The first-order valence-electron chi connectivity index (χ1n) is 31.6. The van der Waals surface area contributed by atoms with Crippen LogP contribution >= 0.6 is 0 Å². The lowest BCUT2D eigenvalue weighted by Gasteiger charge is -2.26. The molecular formula is C74H94O14. The number of ether oxygens (including phenoxy) is 8. The van der Waals surface area contributed by atoms with E-state index in [1.165, 1.54) is 0 Å². The summed E-state index contributed by atoms with van der Waals surface area (Å²) in [6.45, 7) is 13.5. The van der Waals surface area contributed by atoms with Crippen LogP contribution in [0, 0.1) is 63.2 Å². The minimum Gasteiger partial charge on any atom is -0.494 e. The molecule has 0 heterocycles. The van der Waals surface area contributed by atoms with Crippen LogP contribution in [0.4, 0.5) is 0 Å². The topological polar surface area (TPSA) is 176 Å². The number of hydrogen-bond donors (Lipinski definition) is 0. The summed E-state index contributed by atoms with van der Waals surface area (Å²) >= 11 is 0. The normalized spacial score (nSPS) is 18.7. The van der Waals surface area contributed by atoms with Gasteiger partial charge in [-0.3, -0.25) is 28.8 Å². The van der Waals surface area contributed by atoms with Gasteiger partial charge in [-0.1, -0.05) is 100 Å². The molecule has 0 bridgehead atoms. The van der Waals surface area contributed by atoms with E-state index in [1.54, 1.807) is 48.5 Å². The molecule has 9 rings (SSSR count). The smallest absolute Gasteiger partial charge is 0.314 e. The molecule has 0 radical (unpaired) electrons. The second-order valence-corrected chi connectivity index (χ2v) is 23.4. The maximum absolute atomic E-state index is 12.6. The Morgan fingerprint density at radius 2 is 0.591 bits per heavy atom. The number of hydrogen-bond acceptors (Lipinski definition) is 14. The zero-order valence-electron chi connectivity index (χ0n) is 52.2. The van der Waals surface area contributed by atoms with E-state index in [1.807, 2.05) is 125 Å². The predicted octanol–water partition coefficient (Wildman–Crippen LogP) is 17.1. The molecule has 3 fully saturated rings. The summed E-state index contributed by atoms with van der Waals surface area (Å²) in [6.07, 6.45) is 14.3. The van der Waals surface area contributed by atoms with Gasteiger partial charge in [0, 0.05) is 4.28 Å². The van der Waals surface area contributed by atoms with Crippen molar-refractivity contribution in [3.05, 3.63) is 168 Å². The lowest BCUT2D eigenvalue weighted by molar-refractivity contribution is -0.145. The average Bonchev–Trinajstić information content (AvgIpc) is 3.38. The highest BCUT2D eigenvalue weighted by molar-refractivity contribution is 5.80. The van der Waals surface area contributed by atoms with Crippen molar-refractivity contribution < 1.29 is 70.9 Å². The highest BCUT2D eigenvalue weighted by Gasteiger charge is 2.35. The number of rotatable bonds is 22. The van der Waals surface area contributed by atoms with Crippen molar-refractivity contribution in [1.29, 1.82) is 0 Å². The van der Waals surface area contributed by atoms with Crippen molar-refractivity contribution in [1.82, 2.24) is 0 Å². The van der Waals surface area contributed by atoms with Gasteiger partial charge in [0.1, 0.15) is 46.0 Å². The predicted molar refractivity (Wildman–Crippen MR) is 344 cm³/mol. The molecule has 0 N–H and O–H groups in total. The molecule has 0 saturated heterocycles. The Morgan fingerprint density at radius 1 is 0.318 bits per heavy atom. The molecule has 474 valence electrons. The second-order valence-electron chi connectivity index (χ2n) is 23.4. The lowest BCUT2D eigenvalue weighted by atomic mass is 9.82. The van der Waals surface area contributed by atoms with Crippen LogP contribution in [-0.2, 0) is 28.8 Å². The Balaban J connectivity index is 0.000000292. The van der Waals surface area contributed by atoms with Gasteiger partial charge in [0.25, 0.3) is 0 Å². The molecular weight excluding hydrogens is 1110 g/mol. The lowest BCUT2D eigenvalue weighted by Crippen LogP contribution is -2.30. The van der Waals surface area contributed by atoms with Crippen molar-refractivity contribution in [2.24, 2.45) is 35.5 Å². The minimum atomic E-state index is -0.243. The van der Waals surface area contributed by atoms with Gasteiger partial charge >= 0.3 is 35.8 Å². The fourth-order valence-corrected chi connectivity index (χ4v) is 10.9. The third kappa shape index (κ3) is 22.2. The van der Waals surface area contributed by atoms with Crippen LogP contribution in [0.15, 0.2) is 146 Å². The second kappa shape index (κ2) is 35.5. The van der Waals surface area contributed by atoms with E-state index in [0.717, 1.165) is 72.3 Å². The van der Waals surface area contributed by atoms with Crippen LogP contribution in [0.3, 0.4) is 0 Å². The van der Waals surface area contributed by atoms with Gasteiger partial charge in [-0.2, -0.15) is 0 Å². The summed E-state index contributed by atoms with van der Waals surface area (Å²) in [7, 11) is 0. The number of benzene rings is 6. The molecule has 0 aliphatic heterocycles. The van der Waals surface area contributed by atoms with Crippen molar-refractivity contribution in [3.63, 3.8) is 0 Å².